The number of aliphatic hydroxyl groups is 1. The Morgan fingerprint density at radius 2 is 2.40 bits per heavy atom. The van der Waals surface area contributed by atoms with Crippen molar-refractivity contribution in [3.05, 3.63) is 47.4 Å². The molecule has 7 heteroatoms. The summed E-state index contributed by atoms with van der Waals surface area (Å²) in [5, 5.41) is 14.1. The Bertz CT molecular complexity index is 797. The zero-order valence-electron chi connectivity index (χ0n) is 13.5. The summed E-state index contributed by atoms with van der Waals surface area (Å²) in [6, 6.07) is 6.96. The lowest BCUT2D eigenvalue weighted by Crippen LogP contribution is -2.46. The lowest BCUT2D eigenvalue weighted by atomic mass is 9.82. The van der Waals surface area contributed by atoms with Crippen LogP contribution in [0.1, 0.15) is 31.2 Å². The third-order valence-electron chi connectivity index (χ3n) is 3.99. The minimum atomic E-state index is -1.15. The molecule has 130 valence electrons. The lowest BCUT2D eigenvalue weighted by molar-refractivity contribution is 0.0472. The molecule has 2 atom stereocenters. The van der Waals surface area contributed by atoms with E-state index >= 15 is 0 Å². The van der Waals surface area contributed by atoms with Gasteiger partial charge in [0.15, 0.2) is 0 Å². The first-order valence-electron chi connectivity index (χ1n) is 8.00. The average Bonchev–Trinajstić information content (AvgIpc) is 3.06. The molecule has 1 aliphatic rings. The van der Waals surface area contributed by atoms with Crippen molar-refractivity contribution >= 4 is 17.7 Å². The van der Waals surface area contributed by atoms with Crippen molar-refractivity contribution < 1.29 is 14.6 Å². The van der Waals surface area contributed by atoms with Crippen molar-refractivity contribution in [3.63, 3.8) is 0 Å². The number of aromatic nitrogens is 2. The largest absolute Gasteiger partial charge is 0.414 e. The van der Waals surface area contributed by atoms with Gasteiger partial charge in [0, 0.05) is 23.0 Å². The first-order chi connectivity index (χ1) is 12.0. The molecule has 1 amide bonds. The van der Waals surface area contributed by atoms with Crippen LogP contribution < -0.4 is 10.1 Å². The zero-order chi connectivity index (χ0) is 17.7. The van der Waals surface area contributed by atoms with Gasteiger partial charge in [-0.15, -0.1) is 0 Å². The normalized spacial score (nSPS) is 22.6. The number of hydrogen-bond donors (Lipinski definition) is 3. The Labute approximate surface area is 150 Å². The highest BCUT2D eigenvalue weighted by atomic mass is 35.5. The summed E-state index contributed by atoms with van der Waals surface area (Å²) in [6.07, 6.45) is 4.68. The Balaban J connectivity index is 1.61. The maximum absolute atomic E-state index is 11.9. The number of benzene rings is 1. The van der Waals surface area contributed by atoms with E-state index in [9.17, 15) is 9.90 Å². The number of imidazole rings is 1. The van der Waals surface area contributed by atoms with Gasteiger partial charge in [-0.3, -0.25) is 0 Å². The zero-order valence-corrected chi connectivity index (χ0v) is 14.2. The van der Waals surface area contributed by atoms with Gasteiger partial charge in [0.05, 0.1) is 12.5 Å². The summed E-state index contributed by atoms with van der Waals surface area (Å²) in [4.78, 5) is 18.4. The smallest absolute Gasteiger partial charge is 0.392 e. The van der Waals surface area contributed by atoms with Gasteiger partial charge >= 0.3 is 6.09 Å². The molecule has 1 aliphatic carbocycles. The molecule has 6 nitrogen and oxygen atoms in total. The molecular weight excluding hydrogens is 342 g/mol. The average molecular weight is 360 g/mol. The number of nitrogens with zero attached hydrogens (tertiary/aromatic N) is 1. The first-order valence-corrected chi connectivity index (χ1v) is 8.38. The molecular formula is C18H18ClN3O3. The molecule has 0 radical (unpaired) electrons. The number of carbonyl (C=O) groups excluding carboxylic acids is 1. The van der Waals surface area contributed by atoms with Gasteiger partial charge in [-0.1, -0.05) is 29.5 Å². The van der Waals surface area contributed by atoms with Gasteiger partial charge in [0.25, 0.3) is 0 Å². The van der Waals surface area contributed by atoms with Crippen molar-refractivity contribution in [1.29, 1.82) is 0 Å². The van der Waals surface area contributed by atoms with E-state index in [2.05, 4.69) is 27.1 Å². The monoisotopic (exact) mass is 359 g/mol. The fourth-order valence-corrected chi connectivity index (χ4v) is 3.03. The van der Waals surface area contributed by atoms with Crippen LogP contribution in [0.4, 0.5) is 4.79 Å². The molecule has 3 rings (SSSR count). The molecule has 1 heterocycles. The number of halogens is 1. The highest BCUT2D eigenvalue weighted by Crippen LogP contribution is 2.28. The van der Waals surface area contributed by atoms with Crippen molar-refractivity contribution in [2.45, 2.75) is 37.3 Å². The second kappa shape index (κ2) is 7.60. The van der Waals surface area contributed by atoms with E-state index in [1.165, 1.54) is 12.5 Å². The predicted octanol–water partition coefficient (Wildman–Crippen LogP) is 2.88. The van der Waals surface area contributed by atoms with Gasteiger partial charge in [0.1, 0.15) is 5.60 Å². The summed E-state index contributed by atoms with van der Waals surface area (Å²) < 4.78 is 5.07. The number of rotatable bonds is 2. The molecule has 25 heavy (non-hydrogen) atoms. The number of hydrogen-bond acceptors (Lipinski definition) is 4. The van der Waals surface area contributed by atoms with Crippen LogP contribution in [0.3, 0.4) is 0 Å². The number of amides is 1. The molecule has 0 spiro atoms. The van der Waals surface area contributed by atoms with Crippen LogP contribution in [-0.2, 0) is 0 Å². The molecule has 0 unspecified atom stereocenters. The van der Waals surface area contributed by atoms with Crippen LogP contribution in [0.2, 0.25) is 5.02 Å². The Morgan fingerprint density at radius 3 is 3.16 bits per heavy atom. The molecule has 0 aliphatic heterocycles. The summed E-state index contributed by atoms with van der Waals surface area (Å²) in [7, 11) is 0. The number of carbonyl (C=O) groups is 1. The number of aromatic amines is 1. The van der Waals surface area contributed by atoms with E-state index in [-0.39, 0.29) is 11.9 Å². The van der Waals surface area contributed by atoms with Gasteiger partial charge in [-0.25, -0.2) is 9.78 Å². The van der Waals surface area contributed by atoms with Crippen LogP contribution in [0.25, 0.3) is 0 Å². The number of nitrogens with one attached hydrogen (secondary N) is 2. The van der Waals surface area contributed by atoms with E-state index in [0.717, 1.165) is 18.4 Å². The third-order valence-corrected chi connectivity index (χ3v) is 4.22. The van der Waals surface area contributed by atoms with Gasteiger partial charge in [0.2, 0.25) is 5.88 Å². The standard InChI is InChI=1S/C18H18ClN3O3/c19-14-4-1-3-13(9-14)6-8-18(24)7-2-5-15(10-18)22-17(23)25-16-11-20-12-21-16/h1,3-4,9,11-12,15,24H,2,5,7,10H2,(H,20,21)(H,22,23)/t15-,18+/m0/s1. The fraction of sp³-hybridized carbons (Fsp3) is 0.333. The SMILES string of the molecule is O=C(N[C@H]1CCC[C@@](O)(C#Cc2cccc(Cl)c2)C1)Oc1cnc[nH]1. The number of H-pyrrole nitrogens is 1. The Hall–Kier alpha value is -2.49. The summed E-state index contributed by atoms with van der Waals surface area (Å²) in [5.41, 5.74) is -0.401. The molecule has 1 aromatic carbocycles. The molecule has 1 aromatic heterocycles. The third kappa shape index (κ3) is 4.99. The lowest BCUT2D eigenvalue weighted by Gasteiger charge is -2.33. The molecule has 1 saturated carbocycles. The predicted molar refractivity (Wildman–Crippen MR) is 93.3 cm³/mol. The minimum absolute atomic E-state index is 0.206. The van der Waals surface area contributed by atoms with Gasteiger partial charge in [-0.2, -0.15) is 0 Å². The van der Waals surface area contributed by atoms with E-state index in [1.807, 2.05) is 12.1 Å². The van der Waals surface area contributed by atoms with Crippen molar-refractivity contribution in [3.8, 4) is 17.7 Å². The Morgan fingerprint density at radius 1 is 1.52 bits per heavy atom. The molecule has 0 bridgehead atoms. The fourth-order valence-electron chi connectivity index (χ4n) is 2.84. The van der Waals surface area contributed by atoms with Crippen LogP contribution in [-0.4, -0.2) is 32.8 Å². The second-order valence-electron chi connectivity index (χ2n) is 6.03. The number of ether oxygens (including phenoxy) is 1. The molecule has 3 N–H and O–H groups in total. The summed E-state index contributed by atoms with van der Waals surface area (Å²) >= 11 is 5.94. The van der Waals surface area contributed by atoms with E-state index in [1.54, 1.807) is 12.1 Å². The maximum Gasteiger partial charge on any atom is 0.414 e. The van der Waals surface area contributed by atoms with Crippen LogP contribution in [0.15, 0.2) is 36.8 Å². The quantitative estimate of drug-likeness (QED) is 0.719. The van der Waals surface area contributed by atoms with Crippen LogP contribution in [0.5, 0.6) is 5.88 Å². The molecule has 0 saturated heterocycles. The topological polar surface area (TPSA) is 87.2 Å². The van der Waals surface area contributed by atoms with E-state index < -0.39 is 11.7 Å². The Kier molecular flexibility index (Phi) is 5.27. The highest BCUT2D eigenvalue weighted by molar-refractivity contribution is 6.30. The minimum Gasteiger partial charge on any atom is -0.392 e. The highest BCUT2D eigenvalue weighted by Gasteiger charge is 2.33. The van der Waals surface area contributed by atoms with Crippen molar-refractivity contribution in [1.82, 2.24) is 15.3 Å². The van der Waals surface area contributed by atoms with E-state index in [4.69, 9.17) is 16.3 Å². The van der Waals surface area contributed by atoms with E-state index in [0.29, 0.717) is 17.9 Å². The maximum atomic E-state index is 11.9. The van der Waals surface area contributed by atoms with Crippen molar-refractivity contribution in [2.75, 3.05) is 0 Å². The molecule has 1 fully saturated rings. The molecule has 2 aromatic rings. The summed E-state index contributed by atoms with van der Waals surface area (Å²) in [5.74, 6) is 6.16. The van der Waals surface area contributed by atoms with Gasteiger partial charge in [-0.05, 0) is 37.5 Å². The second-order valence-corrected chi connectivity index (χ2v) is 6.47. The first kappa shape index (κ1) is 17.3. The van der Waals surface area contributed by atoms with Gasteiger partial charge < -0.3 is 20.1 Å². The van der Waals surface area contributed by atoms with Crippen molar-refractivity contribution in [2.24, 2.45) is 0 Å². The van der Waals surface area contributed by atoms with Crippen LogP contribution in [0, 0.1) is 11.8 Å². The summed E-state index contributed by atoms with van der Waals surface area (Å²) in [6.45, 7) is 0. The van der Waals surface area contributed by atoms with Crippen LogP contribution >= 0.6 is 11.6 Å².